The van der Waals surface area contributed by atoms with Gasteiger partial charge >= 0.3 is 5.97 Å². The highest BCUT2D eigenvalue weighted by Crippen LogP contribution is 2.26. The molecule has 1 amide bonds. The van der Waals surface area contributed by atoms with Crippen molar-refractivity contribution in [1.29, 1.82) is 5.26 Å². The summed E-state index contributed by atoms with van der Waals surface area (Å²) in [4.78, 5) is 25.2. The molecule has 0 saturated carbocycles. The van der Waals surface area contributed by atoms with Gasteiger partial charge in [-0.15, -0.1) is 11.8 Å². The van der Waals surface area contributed by atoms with E-state index in [0.717, 1.165) is 21.6 Å². The largest absolute Gasteiger partial charge is 0.452 e. The van der Waals surface area contributed by atoms with E-state index in [4.69, 9.17) is 10.00 Å². The summed E-state index contributed by atoms with van der Waals surface area (Å²) in [5.41, 5.74) is 3.81. The van der Waals surface area contributed by atoms with Crippen LogP contribution in [-0.4, -0.2) is 24.2 Å². The quantitative estimate of drug-likeness (QED) is 0.615. The number of carbonyl (C=O) groups excluding carboxylic acids is 2. The predicted molar refractivity (Wildman–Crippen MR) is 102 cm³/mol. The smallest absolute Gasteiger partial charge is 0.339 e. The Kier molecular flexibility index (Phi) is 6.81. The molecule has 6 heteroatoms. The highest BCUT2D eigenvalue weighted by molar-refractivity contribution is 7.99. The van der Waals surface area contributed by atoms with E-state index in [1.165, 1.54) is 11.8 Å². The molecule has 0 aliphatic carbocycles. The van der Waals surface area contributed by atoms with E-state index >= 15 is 0 Å². The molecule has 0 radical (unpaired) electrons. The molecule has 5 nitrogen and oxygen atoms in total. The molecule has 0 fully saturated rings. The summed E-state index contributed by atoms with van der Waals surface area (Å²) in [6.07, 6.45) is 0. The Labute approximate surface area is 157 Å². The van der Waals surface area contributed by atoms with Gasteiger partial charge in [-0.1, -0.05) is 29.8 Å². The Bertz CT molecular complexity index is 849. The lowest BCUT2D eigenvalue weighted by Gasteiger charge is -2.12. The first-order valence-electron chi connectivity index (χ1n) is 8.06. The van der Waals surface area contributed by atoms with Crippen LogP contribution in [0.1, 0.15) is 27.0 Å². The molecular formula is C20H20N2O3S. The van der Waals surface area contributed by atoms with Crippen molar-refractivity contribution in [2.45, 2.75) is 25.7 Å². The molecule has 0 atom stereocenters. The van der Waals surface area contributed by atoms with E-state index in [0.29, 0.717) is 11.3 Å². The summed E-state index contributed by atoms with van der Waals surface area (Å²) in [5, 5.41) is 11.4. The number of carbonyl (C=O) groups is 2. The van der Waals surface area contributed by atoms with Crippen LogP contribution in [0.25, 0.3) is 0 Å². The van der Waals surface area contributed by atoms with Gasteiger partial charge in [0.15, 0.2) is 6.61 Å². The summed E-state index contributed by atoms with van der Waals surface area (Å²) in [5.74, 6) is -0.651. The predicted octanol–water partition coefficient (Wildman–Crippen LogP) is 4.02. The van der Waals surface area contributed by atoms with Crippen LogP contribution in [0.3, 0.4) is 0 Å². The maximum atomic E-state index is 12.3. The van der Waals surface area contributed by atoms with Gasteiger partial charge in [0.1, 0.15) is 0 Å². The van der Waals surface area contributed by atoms with Gasteiger partial charge in [-0.2, -0.15) is 5.26 Å². The molecule has 1 N–H and O–H groups in total. The van der Waals surface area contributed by atoms with Crippen molar-refractivity contribution in [2.75, 3.05) is 17.7 Å². The first-order chi connectivity index (χ1) is 12.4. The zero-order valence-electron chi connectivity index (χ0n) is 15.0. The van der Waals surface area contributed by atoms with Crippen molar-refractivity contribution >= 4 is 29.3 Å². The van der Waals surface area contributed by atoms with Gasteiger partial charge in [0.25, 0.3) is 5.91 Å². The van der Waals surface area contributed by atoms with Crippen molar-refractivity contribution in [3.63, 3.8) is 0 Å². The molecule has 0 saturated heterocycles. The highest BCUT2D eigenvalue weighted by atomic mass is 32.2. The lowest BCUT2D eigenvalue weighted by Crippen LogP contribution is -2.22. The molecular weight excluding hydrogens is 348 g/mol. The number of amides is 1. The molecule has 134 valence electrons. The van der Waals surface area contributed by atoms with Gasteiger partial charge in [-0.25, -0.2) is 4.79 Å². The Morgan fingerprint density at radius 3 is 2.46 bits per heavy atom. The number of aryl methyl sites for hydroxylation is 3. The lowest BCUT2D eigenvalue weighted by molar-refractivity contribution is -0.119. The van der Waals surface area contributed by atoms with Crippen LogP contribution < -0.4 is 5.32 Å². The summed E-state index contributed by atoms with van der Waals surface area (Å²) >= 11 is 1.33. The molecule has 0 spiro atoms. The second-order valence-electron chi connectivity index (χ2n) is 5.84. The zero-order chi connectivity index (χ0) is 19.1. The highest BCUT2D eigenvalue weighted by Gasteiger charge is 2.16. The van der Waals surface area contributed by atoms with Crippen LogP contribution in [0.4, 0.5) is 5.69 Å². The van der Waals surface area contributed by atoms with Crippen molar-refractivity contribution in [3.05, 3.63) is 58.7 Å². The molecule has 0 heterocycles. The van der Waals surface area contributed by atoms with Crippen molar-refractivity contribution in [1.82, 2.24) is 0 Å². The lowest BCUT2D eigenvalue weighted by atomic mass is 10.00. The number of para-hydroxylation sites is 1. The number of rotatable bonds is 6. The maximum absolute atomic E-state index is 12.3. The normalized spacial score (nSPS) is 10.1. The Morgan fingerprint density at radius 2 is 1.81 bits per heavy atom. The van der Waals surface area contributed by atoms with Crippen LogP contribution in [0.2, 0.25) is 0 Å². The van der Waals surface area contributed by atoms with Gasteiger partial charge in [0.2, 0.25) is 0 Å². The molecule has 0 aromatic heterocycles. The van der Waals surface area contributed by atoms with Crippen LogP contribution in [-0.2, 0) is 9.53 Å². The van der Waals surface area contributed by atoms with Gasteiger partial charge in [0.05, 0.1) is 23.1 Å². The number of ether oxygens (including phenoxy) is 1. The minimum atomic E-state index is -0.512. The number of hydrogen-bond acceptors (Lipinski definition) is 5. The van der Waals surface area contributed by atoms with E-state index in [9.17, 15) is 9.59 Å². The van der Waals surface area contributed by atoms with Crippen LogP contribution in [0, 0.1) is 32.1 Å². The third-order valence-electron chi connectivity index (χ3n) is 3.67. The molecule has 0 unspecified atom stereocenters. The fraction of sp³-hybridized carbons (Fsp3) is 0.250. The Balaban J connectivity index is 2.00. The number of thioether (sulfide) groups is 1. The van der Waals surface area contributed by atoms with Crippen molar-refractivity contribution in [2.24, 2.45) is 0 Å². The molecule has 2 rings (SSSR count). The average molecular weight is 368 g/mol. The van der Waals surface area contributed by atoms with Crippen molar-refractivity contribution < 1.29 is 14.3 Å². The molecule has 2 aromatic carbocycles. The summed E-state index contributed by atoms with van der Waals surface area (Å²) in [6.45, 7) is 5.28. The number of hydrogen-bond donors (Lipinski definition) is 1. The molecule has 0 aliphatic heterocycles. The monoisotopic (exact) mass is 368 g/mol. The third-order valence-corrected chi connectivity index (χ3v) is 4.61. The number of nitriles is 1. The second-order valence-corrected chi connectivity index (χ2v) is 6.86. The Hall–Kier alpha value is -2.78. The van der Waals surface area contributed by atoms with E-state index in [2.05, 4.69) is 11.4 Å². The first-order valence-corrected chi connectivity index (χ1v) is 9.04. The van der Waals surface area contributed by atoms with Gasteiger partial charge < -0.3 is 10.1 Å². The average Bonchev–Trinajstić information content (AvgIpc) is 2.58. The summed E-state index contributed by atoms with van der Waals surface area (Å²) in [7, 11) is 0. The molecule has 26 heavy (non-hydrogen) atoms. The van der Waals surface area contributed by atoms with E-state index in [-0.39, 0.29) is 12.4 Å². The minimum Gasteiger partial charge on any atom is -0.452 e. The number of nitrogens with zero attached hydrogens (tertiary/aromatic N) is 1. The van der Waals surface area contributed by atoms with E-state index in [1.54, 1.807) is 12.1 Å². The number of nitrogens with one attached hydrogen (secondary N) is 1. The summed E-state index contributed by atoms with van der Waals surface area (Å²) in [6, 6.07) is 13.1. The fourth-order valence-corrected chi connectivity index (χ4v) is 3.37. The van der Waals surface area contributed by atoms with Crippen LogP contribution >= 0.6 is 11.8 Å². The topological polar surface area (TPSA) is 79.2 Å². The molecule has 0 aliphatic rings. The van der Waals surface area contributed by atoms with Crippen molar-refractivity contribution in [3.8, 4) is 6.07 Å². The Morgan fingerprint density at radius 1 is 1.15 bits per heavy atom. The minimum absolute atomic E-state index is 0.286. The SMILES string of the molecule is Cc1cc(C)c(C(=O)OCC(=O)Nc2ccccc2SCC#N)c(C)c1. The summed E-state index contributed by atoms with van der Waals surface area (Å²) < 4.78 is 5.17. The fourth-order valence-electron chi connectivity index (χ4n) is 2.70. The number of anilines is 1. The maximum Gasteiger partial charge on any atom is 0.339 e. The van der Waals surface area contributed by atoms with Crippen LogP contribution in [0.15, 0.2) is 41.3 Å². The molecule has 2 aromatic rings. The van der Waals surface area contributed by atoms with E-state index in [1.807, 2.05) is 45.0 Å². The van der Waals surface area contributed by atoms with Crippen LogP contribution in [0.5, 0.6) is 0 Å². The number of benzene rings is 2. The van der Waals surface area contributed by atoms with E-state index < -0.39 is 11.9 Å². The van der Waals surface area contributed by atoms with Gasteiger partial charge in [0, 0.05) is 4.90 Å². The standard InChI is InChI=1S/C20H20N2O3S/c1-13-10-14(2)19(15(3)11-13)20(24)25-12-18(23)22-16-6-4-5-7-17(16)26-9-8-21/h4-7,10-11H,9,12H2,1-3H3,(H,22,23). The zero-order valence-corrected chi connectivity index (χ0v) is 15.8. The first kappa shape index (κ1) is 19.5. The second kappa shape index (κ2) is 9.07. The number of esters is 1. The third kappa shape index (κ3) is 5.11. The van der Waals surface area contributed by atoms with Gasteiger partial charge in [-0.05, 0) is 44.0 Å². The van der Waals surface area contributed by atoms with Gasteiger partial charge in [-0.3, -0.25) is 4.79 Å². The molecule has 0 bridgehead atoms.